The van der Waals surface area contributed by atoms with E-state index in [4.69, 9.17) is 5.73 Å². The van der Waals surface area contributed by atoms with Crippen LogP contribution in [-0.2, 0) is 11.3 Å². The van der Waals surface area contributed by atoms with Crippen molar-refractivity contribution in [1.82, 2.24) is 10.6 Å². The topological polar surface area (TPSA) is 96.2 Å². The first-order valence-electron chi connectivity index (χ1n) is 7.18. The quantitative estimate of drug-likeness (QED) is 0.673. The zero-order valence-electron chi connectivity index (χ0n) is 12.2. The van der Waals surface area contributed by atoms with Crippen LogP contribution in [0.15, 0.2) is 24.3 Å². The van der Waals surface area contributed by atoms with E-state index >= 15 is 0 Å². The molecule has 2 rings (SSSR count). The van der Waals surface area contributed by atoms with Crippen LogP contribution in [0.3, 0.4) is 0 Å². The van der Waals surface area contributed by atoms with Gasteiger partial charge in [-0.2, -0.15) is 0 Å². The zero-order chi connectivity index (χ0) is 15.3. The van der Waals surface area contributed by atoms with Crippen molar-refractivity contribution in [2.75, 3.05) is 11.9 Å². The van der Waals surface area contributed by atoms with Crippen LogP contribution in [0.2, 0.25) is 0 Å². The lowest BCUT2D eigenvalue weighted by atomic mass is 9.90. The summed E-state index contributed by atoms with van der Waals surface area (Å²) in [5.74, 6) is -0.00906. The van der Waals surface area contributed by atoms with Crippen LogP contribution in [0.5, 0.6) is 0 Å². The molecule has 0 aromatic heterocycles. The van der Waals surface area contributed by atoms with Crippen LogP contribution < -0.4 is 21.7 Å². The Hall–Kier alpha value is -2.08. The number of primary amides is 1. The van der Waals surface area contributed by atoms with Crippen LogP contribution in [0.1, 0.15) is 31.7 Å². The fraction of sp³-hybridized carbons (Fsp3) is 0.467. The van der Waals surface area contributed by atoms with Gasteiger partial charge in [0.25, 0.3) is 0 Å². The molecule has 0 saturated carbocycles. The minimum absolute atomic E-state index is 0.00906. The number of piperidine rings is 1. The number of rotatable bonds is 4. The monoisotopic (exact) mass is 290 g/mol. The summed E-state index contributed by atoms with van der Waals surface area (Å²) in [5.41, 5.74) is 6.20. The van der Waals surface area contributed by atoms with E-state index in [2.05, 4.69) is 16.0 Å². The van der Waals surface area contributed by atoms with Crippen molar-refractivity contribution in [2.45, 2.75) is 38.3 Å². The standard InChI is InChI=1S/C15H22N4O2/c1-15(8-2-3-9-18-15)13(20)19-12-6-4-11(5-7-12)10-17-14(16)21/h4-7,18H,2-3,8-10H2,1H3,(H,19,20)(H3,16,17,21). The Morgan fingerprint density at radius 2 is 2.00 bits per heavy atom. The normalized spacial score (nSPS) is 21.6. The van der Waals surface area contributed by atoms with Crippen molar-refractivity contribution < 1.29 is 9.59 Å². The molecule has 6 nitrogen and oxygen atoms in total. The molecule has 0 bridgehead atoms. The number of carbonyl (C=O) groups is 2. The number of hydrogen-bond acceptors (Lipinski definition) is 3. The van der Waals surface area contributed by atoms with Crippen molar-refractivity contribution in [3.8, 4) is 0 Å². The average molecular weight is 290 g/mol. The molecule has 1 aromatic carbocycles. The van der Waals surface area contributed by atoms with Crippen LogP contribution in [-0.4, -0.2) is 24.0 Å². The lowest BCUT2D eigenvalue weighted by molar-refractivity contribution is -0.122. The molecule has 1 atom stereocenters. The summed E-state index contributed by atoms with van der Waals surface area (Å²) in [5, 5.41) is 8.74. The SMILES string of the molecule is CC1(C(=O)Nc2ccc(CNC(N)=O)cc2)CCCCN1. The molecule has 21 heavy (non-hydrogen) atoms. The van der Waals surface area contributed by atoms with E-state index in [0.29, 0.717) is 6.54 Å². The first kappa shape index (κ1) is 15.3. The number of amides is 3. The van der Waals surface area contributed by atoms with Gasteiger partial charge in [0, 0.05) is 12.2 Å². The minimum atomic E-state index is -0.552. The second-order valence-corrected chi connectivity index (χ2v) is 5.58. The molecular formula is C15H22N4O2. The Morgan fingerprint density at radius 1 is 1.29 bits per heavy atom. The smallest absolute Gasteiger partial charge is 0.312 e. The van der Waals surface area contributed by atoms with E-state index in [1.165, 1.54) is 0 Å². The van der Waals surface area contributed by atoms with Crippen LogP contribution in [0.25, 0.3) is 0 Å². The number of nitrogens with two attached hydrogens (primary N) is 1. The summed E-state index contributed by atoms with van der Waals surface area (Å²) >= 11 is 0. The van der Waals surface area contributed by atoms with E-state index < -0.39 is 11.6 Å². The molecule has 1 fully saturated rings. The minimum Gasteiger partial charge on any atom is -0.352 e. The van der Waals surface area contributed by atoms with Gasteiger partial charge in [-0.25, -0.2) is 4.79 Å². The van der Waals surface area contributed by atoms with Crippen LogP contribution >= 0.6 is 0 Å². The van der Waals surface area contributed by atoms with Gasteiger partial charge in [0.2, 0.25) is 5.91 Å². The van der Waals surface area contributed by atoms with E-state index in [1.807, 2.05) is 31.2 Å². The highest BCUT2D eigenvalue weighted by molar-refractivity contribution is 5.97. The summed E-state index contributed by atoms with van der Waals surface area (Å²) in [6.45, 7) is 3.19. The highest BCUT2D eigenvalue weighted by Gasteiger charge is 2.34. The molecule has 0 radical (unpaired) electrons. The summed E-state index contributed by atoms with van der Waals surface area (Å²) in [7, 11) is 0. The highest BCUT2D eigenvalue weighted by Crippen LogP contribution is 2.21. The number of anilines is 1. The molecule has 3 amide bonds. The van der Waals surface area contributed by atoms with Crippen LogP contribution in [0.4, 0.5) is 10.5 Å². The molecule has 0 aliphatic carbocycles. The fourth-order valence-electron chi connectivity index (χ4n) is 2.41. The maximum absolute atomic E-state index is 12.3. The molecule has 1 heterocycles. The Balaban J connectivity index is 1.93. The van der Waals surface area contributed by atoms with Gasteiger partial charge in [0.05, 0.1) is 5.54 Å². The largest absolute Gasteiger partial charge is 0.352 e. The van der Waals surface area contributed by atoms with Gasteiger partial charge in [0.1, 0.15) is 0 Å². The van der Waals surface area contributed by atoms with Crippen molar-refractivity contribution >= 4 is 17.6 Å². The Labute approximate surface area is 124 Å². The zero-order valence-corrected chi connectivity index (χ0v) is 12.2. The molecule has 1 saturated heterocycles. The second-order valence-electron chi connectivity index (χ2n) is 5.58. The molecule has 1 aromatic rings. The van der Waals surface area contributed by atoms with Crippen molar-refractivity contribution in [3.63, 3.8) is 0 Å². The maximum Gasteiger partial charge on any atom is 0.312 e. The molecule has 114 valence electrons. The Bertz CT molecular complexity index is 507. The van der Waals surface area contributed by atoms with Gasteiger partial charge < -0.3 is 21.7 Å². The Kier molecular flexibility index (Phi) is 4.80. The lowest BCUT2D eigenvalue weighted by Gasteiger charge is -2.33. The van der Waals surface area contributed by atoms with Gasteiger partial charge in [-0.05, 0) is 50.4 Å². The Morgan fingerprint density at radius 3 is 2.57 bits per heavy atom. The van der Waals surface area contributed by atoms with Gasteiger partial charge in [-0.15, -0.1) is 0 Å². The van der Waals surface area contributed by atoms with Crippen molar-refractivity contribution in [2.24, 2.45) is 5.73 Å². The summed E-state index contributed by atoms with van der Waals surface area (Å²) < 4.78 is 0. The first-order valence-corrected chi connectivity index (χ1v) is 7.18. The highest BCUT2D eigenvalue weighted by atomic mass is 16.2. The molecule has 1 aliphatic heterocycles. The number of carbonyl (C=O) groups excluding carboxylic acids is 2. The van der Waals surface area contributed by atoms with Gasteiger partial charge in [-0.1, -0.05) is 12.1 Å². The first-order chi connectivity index (χ1) is 9.99. The van der Waals surface area contributed by atoms with Gasteiger partial charge in [-0.3, -0.25) is 4.79 Å². The summed E-state index contributed by atoms with van der Waals surface area (Å²) in [6.07, 6.45) is 3.03. The number of nitrogens with one attached hydrogen (secondary N) is 3. The van der Waals surface area contributed by atoms with E-state index in [0.717, 1.165) is 37.1 Å². The van der Waals surface area contributed by atoms with Crippen LogP contribution in [0, 0.1) is 0 Å². The predicted molar refractivity (Wildman–Crippen MR) is 81.8 cm³/mol. The molecule has 6 heteroatoms. The molecule has 0 spiro atoms. The van der Waals surface area contributed by atoms with Crippen molar-refractivity contribution in [1.29, 1.82) is 0 Å². The molecule has 5 N–H and O–H groups in total. The van der Waals surface area contributed by atoms with Gasteiger partial charge >= 0.3 is 6.03 Å². The molecule has 1 aliphatic rings. The number of hydrogen-bond donors (Lipinski definition) is 4. The van der Waals surface area contributed by atoms with Gasteiger partial charge in [0.15, 0.2) is 0 Å². The summed E-state index contributed by atoms with van der Waals surface area (Å²) in [6, 6.07) is 6.79. The lowest BCUT2D eigenvalue weighted by Crippen LogP contribution is -2.54. The third kappa shape index (κ3) is 4.19. The van der Waals surface area contributed by atoms with E-state index in [-0.39, 0.29) is 5.91 Å². The molecule has 1 unspecified atom stereocenters. The van der Waals surface area contributed by atoms with E-state index in [9.17, 15) is 9.59 Å². The average Bonchev–Trinajstić information content (AvgIpc) is 2.47. The fourth-order valence-corrected chi connectivity index (χ4v) is 2.41. The van der Waals surface area contributed by atoms with Crippen molar-refractivity contribution in [3.05, 3.63) is 29.8 Å². The third-order valence-corrected chi connectivity index (χ3v) is 3.80. The second kappa shape index (κ2) is 6.58. The van der Waals surface area contributed by atoms with E-state index in [1.54, 1.807) is 0 Å². The number of benzene rings is 1. The number of urea groups is 1. The summed E-state index contributed by atoms with van der Waals surface area (Å²) in [4.78, 5) is 23.0. The molecular weight excluding hydrogens is 268 g/mol. The maximum atomic E-state index is 12.3. The predicted octanol–water partition coefficient (Wildman–Crippen LogP) is 1.33. The third-order valence-electron chi connectivity index (χ3n) is 3.80.